The van der Waals surface area contributed by atoms with Crippen LogP contribution in [0.2, 0.25) is 18.1 Å². The summed E-state index contributed by atoms with van der Waals surface area (Å²) in [6, 6.07) is 9.04. The Morgan fingerprint density at radius 2 is 1.63 bits per heavy atom. The van der Waals surface area contributed by atoms with Gasteiger partial charge in [0.25, 0.3) is 0 Å². The first-order valence-electron chi connectivity index (χ1n) is 26.3. The third-order valence-corrected chi connectivity index (χ3v) is 22.0. The van der Waals surface area contributed by atoms with Crippen LogP contribution in [-0.2, 0) is 47.1 Å². The number of ether oxygens (including phenoxy) is 8. The molecule has 0 radical (unpaired) electrons. The van der Waals surface area contributed by atoms with E-state index in [0.717, 1.165) is 61.4 Å². The molecule has 68 heavy (non-hydrogen) atoms. The highest BCUT2D eigenvalue weighted by atomic mass is 79.9. The van der Waals surface area contributed by atoms with Crippen molar-refractivity contribution in [3.63, 3.8) is 0 Å². The Bertz CT molecular complexity index is 1920. The SMILES string of the molecule is C=C(Br)C[C@H](CC[C@@]12C[C@H]3O[C@H]4C(O1)[C@H]1O[C@@H](CC(=O)CC5C(C[C@H]6O[C@@H](CCCC)C[C@@H](C)C6=C)O[C@H](C[C@H](C)CO[Si](C)(C)C(C)(C)C)[C@@H]5C)CC[C@@H]1O[C@H]4[C@H]3O2)OC(=O)c1ccccc1. The van der Waals surface area contributed by atoms with Gasteiger partial charge in [0.1, 0.15) is 42.4 Å². The average Bonchev–Trinajstić information content (AvgIpc) is 3.83. The fraction of sp³-hybridized carbons (Fsp3) is 0.782. The van der Waals surface area contributed by atoms with Gasteiger partial charge >= 0.3 is 5.97 Å². The summed E-state index contributed by atoms with van der Waals surface area (Å²) in [6.45, 7) is 29.9. The van der Waals surface area contributed by atoms with Gasteiger partial charge in [-0.25, -0.2) is 4.79 Å². The number of fused-ring (bicyclic) bond motifs is 1. The van der Waals surface area contributed by atoms with Crippen LogP contribution in [0.15, 0.2) is 53.5 Å². The van der Waals surface area contributed by atoms with Crippen molar-refractivity contribution in [2.24, 2.45) is 23.7 Å². The van der Waals surface area contributed by atoms with Gasteiger partial charge < -0.3 is 42.3 Å². The predicted molar refractivity (Wildman–Crippen MR) is 268 cm³/mol. The van der Waals surface area contributed by atoms with E-state index in [9.17, 15) is 9.59 Å². The van der Waals surface area contributed by atoms with E-state index >= 15 is 0 Å². The molecule has 3 unspecified atom stereocenters. The topological polar surface area (TPSA) is 117 Å². The molecule has 0 spiro atoms. The van der Waals surface area contributed by atoms with Crippen molar-refractivity contribution in [2.75, 3.05) is 6.61 Å². The lowest BCUT2D eigenvalue weighted by Gasteiger charge is -2.47. The van der Waals surface area contributed by atoms with Crippen LogP contribution in [-0.4, -0.2) is 112 Å². The molecule has 13 heteroatoms. The second-order valence-electron chi connectivity index (χ2n) is 23.4. The summed E-state index contributed by atoms with van der Waals surface area (Å²) < 4.78 is 61.6. The summed E-state index contributed by atoms with van der Waals surface area (Å²) >= 11 is 3.50. The monoisotopic (exact) mass is 1030 g/mol. The first-order chi connectivity index (χ1) is 32.2. The molecule has 0 aliphatic carbocycles. The van der Waals surface area contributed by atoms with Crippen LogP contribution in [0, 0.1) is 23.7 Å². The zero-order chi connectivity index (χ0) is 48.7. The molecular formula is C55H83BrO11Si. The van der Waals surface area contributed by atoms with Gasteiger partial charge in [-0.15, -0.1) is 0 Å². The summed E-state index contributed by atoms with van der Waals surface area (Å²) in [5, 5.41) is 0.146. The van der Waals surface area contributed by atoms with E-state index in [1.165, 1.54) is 0 Å². The first-order valence-corrected chi connectivity index (χ1v) is 30.0. The van der Waals surface area contributed by atoms with Crippen LogP contribution in [0.5, 0.6) is 0 Å². The van der Waals surface area contributed by atoms with Gasteiger partial charge in [0.15, 0.2) is 14.1 Å². The fourth-order valence-electron chi connectivity index (χ4n) is 12.0. The van der Waals surface area contributed by atoms with Crippen molar-refractivity contribution in [1.82, 2.24) is 0 Å². The summed E-state index contributed by atoms with van der Waals surface area (Å²) in [5.41, 5.74) is 1.65. The number of halogens is 1. The van der Waals surface area contributed by atoms with E-state index < -0.39 is 32.4 Å². The maximum absolute atomic E-state index is 14.5. The third kappa shape index (κ3) is 11.8. The van der Waals surface area contributed by atoms with Crippen LogP contribution < -0.4 is 0 Å². The van der Waals surface area contributed by atoms with Crippen LogP contribution in [0.25, 0.3) is 0 Å². The molecule has 11 nitrogen and oxygen atoms in total. The molecule has 1 aromatic rings. The van der Waals surface area contributed by atoms with Gasteiger partial charge in [-0.05, 0) is 103 Å². The van der Waals surface area contributed by atoms with Crippen LogP contribution >= 0.6 is 15.9 Å². The van der Waals surface area contributed by atoms with Gasteiger partial charge in [0, 0.05) is 45.1 Å². The molecule has 0 aromatic heterocycles. The van der Waals surface area contributed by atoms with Gasteiger partial charge in [0.2, 0.25) is 0 Å². The first kappa shape index (κ1) is 52.5. The highest BCUT2D eigenvalue weighted by Crippen LogP contribution is 2.54. The van der Waals surface area contributed by atoms with Gasteiger partial charge in [-0.1, -0.05) is 109 Å². The van der Waals surface area contributed by atoms with Crippen molar-refractivity contribution in [1.29, 1.82) is 0 Å². The Labute approximate surface area is 417 Å². The van der Waals surface area contributed by atoms with E-state index in [-0.39, 0.29) is 89.7 Å². The number of Topliss-reactive ketones (excluding diaryl/α,β-unsaturated/α-hetero) is 1. The van der Waals surface area contributed by atoms with E-state index in [1.807, 2.05) is 18.2 Å². The summed E-state index contributed by atoms with van der Waals surface area (Å²) in [4.78, 5) is 27.6. The lowest BCUT2D eigenvalue weighted by molar-refractivity contribution is -0.292. The molecule has 8 fully saturated rings. The minimum atomic E-state index is -1.90. The van der Waals surface area contributed by atoms with Crippen molar-refractivity contribution in [2.45, 2.75) is 242 Å². The van der Waals surface area contributed by atoms with Crippen molar-refractivity contribution in [3.8, 4) is 0 Å². The molecule has 380 valence electrons. The lowest BCUT2D eigenvalue weighted by atomic mass is 9.78. The number of hydrogen-bond donors (Lipinski definition) is 0. The Morgan fingerprint density at radius 3 is 2.35 bits per heavy atom. The standard InChI is InChI=1S/C55H83BrO11Si/c1-12-13-19-39-25-33(3)35(5)45(60-39)29-46-42(36(6)44(63-46)24-32(2)31-59-68(10,11)54(7,8)9)28-38(57)27-40-20-21-43-48(61-40)52-51-50(64-43)49-47(65-51)30-55(66-49,67-52)23-22-41(26-34(4)56)62-53(58)37-17-15-14-16-18-37/h14-18,32-33,36,39-52H,4-5,12-13,19-31H2,1-3,6-11H3/t32-,33+,36+,39-,40+,41-,42?,43-,44+,45+,46?,47+,48-,49-,50-,51+,52?,55-/m0/s1. The molecule has 8 heterocycles. The number of hydrogen-bond acceptors (Lipinski definition) is 11. The van der Waals surface area contributed by atoms with E-state index in [0.29, 0.717) is 62.5 Å². The molecule has 6 bridgehead atoms. The summed E-state index contributed by atoms with van der Waals surface area (Å²) in [5.74, 6) is -0.177. The zero-order valence-corrected chi connectivity index (χ0v) is 45.2. The number of rotatable bonds is 21. The Morgan fingerprint density at radius 1 is 0.912 bits per heavy atom. The average molecular weight is 1030 g/mol. The maximum Gasteiger partial charge on any atom is 0.338 e. The Kier molecular flexibility index (Phi) is 16.8. The van der Waals surface area contributed by atoms with Crippen LogP contribution in [0.3, 0.4) is 0 Å². The molecule has 18 atom stereocenters. The van der Waals surface area contributed by atoms with Crippen LogP contribution in [0.1, 0.15) is 149 Å². The summed E-state index contributed by atoms with van der Waals surface area (Å²) in [7, 11) is -1.90. The van der Waals surface area contributed by atoms with Crippen LogP contribution in [0.4, 0.5) is 0 Å². The van der Waals surface area contributed by atoms with Crippen molar-refractivity contribution in [3.05, 3.63) is 59.1 Å². The molecular weight excluding hydrogens is 945 g/mol. The largest absolute Gasteiger partial charge is 0.458 e. The Balaban J connectivity index is 0.923. The quantitative estimate of drug-likeness (QED) is 0.0665. The van der Waals surface area contributed by atoms with E-state index in [2.05, 4.69) is 90.6 Å². The molecule has 1 aromatic carbocycles. The van der Waals surface area contributed by atoms with E-state index in [1.54, 1.807) is 12.1 Å². The highest BCUT2D eigenvalue weighted by molar-refractivity contribution is 9.11. The van der Waals surface area contributed by atoms with Gasteiger partial charge in [-0.2, -0.15) is 0 Å². The molecule has 0 saturated carbocycles. The van der Waals surface area contributed by atoms with Crippen molar-refractivity contribution >= 4 is 36.0 Å². The molecule has 8 aliphatic heterocycles. The zero-order valence-electron chi connectivity index (χ0n) is 42.6. The predicted octanol–water partition coefficient (Wildman–Crippen LogP) is 11.6. The molecule has 8 aliphatic rings. The number of carbonyl (C=O) groups is 2. The summed E-state index contributed by atoms with van der Waals surface area (Å²) in [6.07, 6.45) is 7.56. The third-order valence-electron chi connectivity index (χ3n) is 17.1. The highest BCUT2D eigenvalue weighted by Gasteiger charge is 2.68. The van der Waals surface area contributed by atoms with E-state index in [4.69, 9.17) is 42.3 Å². The number of carbonyl (C=O) groups excluding carboxylic acids is 2. The number of benzene rings is 1. The van der Waals surface area contributed by atoms with Gasteiger partial charge in [-0.3, -0.25) is 4.79 Å². The fourth-order valence-corrected chi connectivity index (χ4v) is 13.5. The number of unbranched alkanes of at least 4 members (excludes halogenated alkanes) is 1. The number of esters is 1. The minimum Gasteiger partial charge on any atom is -0.458 e. The second kappa shape index (κ2) is 21.7. The number of ketones is 1. The van der Waals surface area contributed by atoms with Gasteiger partial charge in [0.05, 0.1) is 48.3 Å². The second-order valence-corrected chi connectivity index (χ2v) is 29.4. The molecule has 9 rings (SSSR count). The van der Waals surface area contributed by atoms with Crippen molar-refractivity contribution < 1.29 is 51.9 Å². The maximum atomic E-state index is 14.5. The Hall–Kier alpha value is -1.78. The molecule has 8 saturated heterocycles. The molecule has 0 N–H and O–H groups in total. The smallest absolute Gasteiger partial charge is 0.338 e. The minimum absolute atomic E-state index is 0.0212. The normalized spacial score (nSPS) is 38.5. The lowest BCUT2D eigenvalue weighted by Crippen LogP contribution is -2.61. The molecule has 0 amide bonds.